The van der Waals surface area contributed by atoms with Crippen LogP contribution in [0.25, 0.3) is 11.0 Å². The van der Waals surface area contributed by atoms with Gasteiger partial charge in [0.2, 0.25) is 10.0 Å². The molecule has 0 unspecified atom stereocenters. The molecular weight excluding hydrogens is 461 g/mol. The van der Waals surface area contributed by atoms with E-state index < -0.39 is 21.6 Å². The van der Waals surface area contributed by atoms with Crippen LogP contribution in [0.4, 0.5) is 4.39 Å². The van der Waals surface area contributed by atoms with Crippen molar-refractivity contribution in [3.63, 3.8) is 0 Å². The van der Waals surface area contributed by atoms with Crippen molar-refractivity contribution in [2.24, 2.45) is 5.14 Å². The Labute approximate surface area is 168 Å². The maximum Gasteiger partial charge on any atom is 0.209 e. The van der Waals surface area contributed by atoms with Gasteiger partial charge in [0.15, 0.2) is 5.78 Å². The number of ketones is 1. The van der Waals surface area contributed by atoms with Crippen molar-refractivity contribution in [1.29, 1.82) is 0 Å². The molecule has 6 nitrogen and oxygen atoms in total. The topological polar surface area (TPSA) is 106 Å². The number of fused-ring (bicyclic) bond motifs is 1. The third kappa shape index (κ3) is 4.37. The maximum atomic E-state index is 14.4. The number of aryl methyl sites for hydroxylation is 1. The molecule has 0 fully saturated rings. The highest BCUT2D eigenvalue weighted by atomic mass is 79.9. The van der Waals surface area contributed by atoms with Crippen molar-refractivity contribution in [2.45, 2.75) is 12.8 Å². The predicted molar refractivity (Wildman–Crippen MR) is 105 cm³/mol. The molecule has 27 heavy (non-hydrogen) atoms. The molecule has 2 aromatic heterocycles. The Kier molecular flexibility index (Phi) is 5.66. The first-order valence-corrected chi connectivity index (χ1v) is 10.7. The van der Waals surface area contributed by atoms with Crippen LogP contribution < -0.4 is 5.14 Å². The summed E-state index contributed by atoms with van der Waals surface area (Å²) in [6.07, 6.45) is 3.49. The van der Waals surface area contributed by atoms with Gasteiger partial charge in [-0.05, 0) is 46.5 Å². The molecule has 0 bridgehead atoms. The Morgan fingerprint density at radius 1 is 1.37 bits per heavy atom. The number of pyridine rings is 1. The minimum atomic E-state index is -3.61. The minimum Gasteiger partial charge on any atom is -0.345 e. The molecule has 142 valence electrons. The quantitative estimate of drug-likeness (QED) is 0.533. The Bertz CT molecular complexity index is 1150. The molecular formula is C17H14BrClFN3O3S. The van der Waals surface area contributed by atoms with Crippen LogP contribution in [-0.2, 0) is 16.4 Å². The number of aromatic nitrogens is 2. The smallest absolute Gasteiger partial charge is 0.209 e. The monoisotopic (exact) mass is 473 g/mol. The first-order valence-electron chi connectivity index (χ1n) is 7.82. The van der Waals surface area contributed by atoms with Gasteiger partial charge < -0.3 is 4.98 Å². The number of hydrogen-bond donors (Lipinski definition) is 2. The summed E-state index contributed by atoms with van der Waals surface area (Å²) in [7, 11) is -3.61. The summed E-state index contributed by atoms with van der Waals surface area (Å²) in [5, 5.41) is 5.48. The predicted octanol–water partition coefficient (Wildman–Crippen LogP) is 3.57. The lowest BCUT2D eigenvalue weighted by Crippen LogP contribution is -2.17. The van der Waals surface area contributed by atoms with E-state index in [9.17, 15) is 17.6 Å². The zero-order chi connectivity index (χ0) is 19.8. The lowest BCUT2D eigenvalue weighted by atomic mass is 9.99. The van der Waals surface area contributed by atoms with E-state index in [1.807, 2.05) is 0 Å². The van der Waals surface area contributed by atoms with Gasteiger partial charge in [-0.3, -0.25) is 4.79 Å². The van der Waals surface area contributed by atoms with Gasteiger partial charge in [0.25, 0.3) is 0 Å². The van der Waals surface area contributed by atoms with Gasteiger partial charge in [-0.15, -0.1) is 0 Å². The minimum absolute atomic E-state index is 0.0354. The zero-order valence-corrected chi connectivity index (χ0v) is 17.0. The van der Waals surface area contributed by atoms with Gasteiger partial charge in [0, 0.05) is 27.8 Å². The number of benzene rings is 1. The second-order valence-corrected chi connectivity index (χ2v) is 8.97. The van der Waals surface area contributed by atoms with Crippen molar-refractivity contribution >= 4 is 54.4 Å². The number of primary sulfonamides is 1. The second-order valence-electron chi connectivity index (χ2n) is 5.95. The largest absolute Gasteiger partial charge is 0.345 e. The van der Waals surface area contributed by atoms with Crippen LogP contribution in [0.2, 0.25) is 5.02 Å². The van der Waals surface area contributed by atoms with Gasteiger partial charge in [0.1, 0.15) is 11.5 Å². The fraction of sp³-hybridized carbons (Fsp3) is 0.176. The molecule has 2 heterocycles. The number of nitrogens with two attached hydrogens (primary N) is 1. The average molecular weight is 475 g/mol. The third-order valence-corrected chi connectivity index (χ3v) is 5.74. The molecule has 0 spiro atoms. The molecule has 0 aliphatic rings. The summed E-state index contributed by atoms with van der Waals surface area (Å²) in [5.41, 5.74) is 0.943. The molecule has 1 aromatic carbocycles. The highest BCUT2D eigenvalue weighted by molar-refractivity contribution is 9.10. The van der Waals surface area contributed by atoms with Crippen molar-refractivity contribution in [3.8, 4) is 0 Å². The van der Waals surface area contributed by atoms with Crippen LogP contribution in [0.5, 0.6) is 0 Å². The standard InChI is InChI=1S/C17H14BrClFN3O3S/c18-10-6-11-12(8-23-17(11)22-7-10)16(24)14-13(20)4-3-9(15(14)19)2-1-5-27(21,25)26/h3-4,6-8H,1-2,5H2,(H,22,23)(H2,21,25,26). The number of rotatable bonds is 6. The Balaban J connectivity index is 1.98. The average Bonchev–Trinajstić information content (AvgIpc) is 2.98. The summed E-state index contributed by atoms with van der Waals surface area (Å²) in [4.78, 5) is 20.0. The van der Waals surface area contributed by atoms with E-state index in [0.29, 0.717) is 21.1 Å². The molecule has 10 heteroatoms. The van der Waals surface area contributed by atoms with Gasteiger partial charge in [-0.25, -0.2) is 22.9 Å². The fourth-order valence-electron chi connectivity index (χ4n) is 2.76. The summed E-state index contributed by atoms with van der Waals surface area (Å²) >= 11 is 9.58. The number of aromatic amines is 1. The molecule has 3 aromatic rings. The van der Waals surface area contributed by atoms with Crippen LogP contribution >= 0.6 is 27.5 Å². The molecule has 0 atom stereocenters. The number of nitrogens with one attached hydrogen (secondary N) is 1. The Morgan fingerprint density at radius 2 is 2.11 bits per heavy atom. The summed E-state index contributed by atoms with van der Waals surface area (Å²) in [5.74, 6) is -1.57. The van der Waals surface area contributed by atoms with Gasteiger partial charge >= 0.3 is 0 Å². The van der Waals surface area contributed by atoms with E-state index >= 15 is 0 Å². The zero-order valence-electron chi connectivity index (χ0n) is 13.8. The number of carbonyl (C=O) groups excluding carboxylic acids is 1. The molecule has 0 amide bonds. The van der Waals surface area contributed by atoms with E-state index in [-0.39, 0.29) is 34.7 Å². The maximum absolute atomic E-state index is 14.4. The van der Waals surface area contributed by atoms with Crippen molar-refractivity contribution in [1.82, 2.24) is 9.97 Å². The van der Waals surface area contributed by atoms with Crippen molar-refractivity contribution in [2.75, 3.05) is 5.75 Å². The van der Waals surface area contributed by atoms with E-state index in [1.165, 1.54) is 12.3 Å². The first kappa shape index (κ1) is 19.9. The highest BCUT2D eigenvalue weighted by Crippen LogP contribution is 2.30. The number of sulfonamides is 1. The second kappa shape index (κ2) is 7.67. The number of halogens is 3. The van der Waals surface area contributed by atoms with Crippen LogP contribution in [0.15, 0.2) is 35.1 Å². The molecule has 0 radical (unpaired) electrons. The number of hydrogen-bond acceptors (Lipinski definition) is 4. The van der Waals surface area contributed by atoms with Crippen LogP contribution in [-0.4, -0.2) is 29.9 Å². The SMILES string of the molecule is NS(=O)(=O)CCCc1ccc(F)c(C(=O)c2c[nH]c3ncc(Br)cc23)c1Cl. The van der Waals surface area contributed by atoms with E-state index in [4.69, 9.17) is 16.7 Å². The first-order chi connectivity index (χ1) is 12.7. The Hall–Kier alpha value is -1.81. The molecule has 0 aliphatic heterocycles. The summed E-state index contributed by atoms with van der Waals surface area (Å²) < 4.78 is 37.2. The van der Waals surface area contributed by atoms with E-state index in [1.54, 1.807) is 12.3 Å². The normalized spacial score (nSPS) is 11.9. The number of nitrogens with zero attached hydrogens (tertiary/aromatic N) is 1. The number of carbonyl (C=O) groups is 1. The van der Waals surface area contributed by atoms with Crippen LogP contribution in [0.1, 0.15) is 27.9 Å². The Morgan fingerprint density at radius 3 is 2.81 bits per heavy atom. The molecule has 0 saturated heterocycles. The molecule has 0 saturated carbocycles. The summed E-state index contributed by atoms with van der Waals surface area (Å²) in [6, 6.07) is 4.28. The van der Waals surface area contributed by atoms with Crippen LogP contribution in [0, 0.1) is 5.82 Å². The fourth-order valence-corrected chi connectivity index (χ4v) is 3.97. The van der Waals surface area contributed by atoms with E-state index in [0.717, 1.165) is 6.07 Å². The van der Waals surface area contributed by atoms with Crippen LogP contribution in [0.3, 0.4) is 0 Å². The number of H-pyrrole nitrogens is 1. The van der Waals surface area contributed by atoms with Gasteiger partial charge in [0.05, 0.1) is 16.3 Å². The lowest BCUT2D eigenvalue weighted by Gasteiger charge is -2.10. The van der Waals surface area contributed by atoms with Crippen molar-refractivity contribution < 1.29 is 17.6 Å². The molecule has 3 rings (SSSR count). The molecule has 3 N–H and O–H groups in total. The molecule has 0 aliphatic carbocycles. The van der Waals surface area contributed by atoms with Crippen molar-refractivity contribution in [3.05, 3.63) is 62.6 Å². The third-order valence-electron chi connectivity index (χ3n) is 4.02. The highest BCUT2D eigenvalue weighted by Gasteiger charge is 2.23. The van der Waals surface area contributed by atoms with Gasteiger partial charge in [-0.1, -0.05) is 17.7 Å². The van der Waals surface area contributed by atoms with E-state index in [2.05, 4.69) is 25.9 Å². The van der Waals surface area contributed by atoms with Gasteiger partial charge in [-0.2, -0.15) is 0 Å². The summed E-state index contributed by atoms with van der Waals surface area (Å²) in [6.45, 7) is 0. The lowest BCUT2D eigenvalue weighted by molar-refractivity contribution is 0.103.